The first-order valence-corrected chi connectivity index (χ1v) is 36.8. The van der Waals surface area contributed by atoms with Crippen LogP contribution in [0.15, 0.2) is 65.8 Å². The third-order valence-corrected chi connectivity index (χ3v) is 17.9. The summed E-state index contributed by atoms with van der Waals surface area (Å²) >= 11 is 0. The monoisotopic (exact) mass is 1530 g/mol. The van der Waals surface area contributed by atoms with Crippen molar-refractivity contribution in [3.05, 3.63) is 71.9 Å². The number of nitrogens with zero attached hydrogens (tertiary/aromatic N) is 1. The van der Waals surface area contributed by atoms with Crippen molar-refractivity contribution in [2.75, 3.05) is 32.7 Å². The molecule has 604 valence electrons. The summed E-state index contributed by atoms with van der Waals surface area (Å²) < 4.78 is 0. The third-order valence-electron chi connectivity index (χ3n) is 17.9. The second kappa shape index (κ2) is 48.5. The lowest BCUT2D eigenvalue weighted by Crippen LogP contribution is -2.61. The molecule has 1 aromatic heterocycles. The zero-order chi connectivity index (χ0) is 81.4. The summed E-state index contributed by atoms with van der Waals surface area (Å²) in [5.41, 5.74) is 46.7. The molecule has 0 spiro atoms. The van der Waals surface area contributed by atoms with Gasteiger partial charge >= 0.3 is 0 Å². The Hall–Kier alpha value is -10.8. The van der Waals surface area contributed by atoms with Gasteiger partial charge in [0.05, 0.1) is 13.0 Å². The van der Waals surface area contributed by atoms with E-state index in [0.29, 0.717) is 43.2 Å². The number of hydrogen-bond donors (Lipinski definition) is 21. The van der Waals surface area contributed by atoms with E-state index in [1.54, 1.807) is 84.1 Å². The highest BCUT2D eigenvalue weighted by atomic mass is 16.2. The van der Waals surface area contributed by atoms with Gasteiger partial charge in [0.2, 0.25) is 88.6 Å². The van der Waals surface area contributed by atoms with Crippen LogP contribution in [0.2, 0.25) is 0 Å². The Labute approximate surface area is 634 Å². The van der Waals surface area contributed by atoms with Crippen LogP contribution in [-0.2, 0) is 84.8 Å². The molecule has 0 radical (unpaired) electrons. The van der Waals surface area contributed by atoms with E-state index >= 15 is 0 Å². The lowest BCUT2D eigenvalue weighted by Gasteiger charge is -2.29. The number of carbonyl (C=O) groups is 15. The van der Waals surface area contributed by atoms with E-state index in [2.05, 4.69) is 73.8 Å². The number of aromatic nitrogens is 1. The van der Waals surface area contributed by atoms with Gasteiger partial charge in [0.15, 0.2) is 5.96 Å². The first-order valence-electron chi connectivity index (χ1n) is 36.8. The van der Waals surface area contributed by atoms with Gasteiger partial charge in [-0.3, -0.25) is 76.9 Å². The number of nitrogens with two attached hydrogens (primary N) is 8. The Morgan fingerprint density at radius 3 is 1.37 bits per heavy atom. The summed E-state index contributed by atoms with van der Waals surface area (Å²) in [6.07, 6.45) is 2.46. The molecule has 37 heteroatoms. The molecule has 12 atom stereocenters. The van der Waals surface area contributed by atoms with E-state index in [1.807, 2.05) is 18.2 Å². The van der Waals surface area contributed by atoms with Crippen LogP contribution in [0.4, 0.5) is 0 Å². The van der Waals surface area contributed by atoms with Gasteiger partial charge in [-0.1, -0.05) is 96.5 Å². The molecule has 29 N–H and O–H groups in total. The van der Waals surface area contributed by atoms with Crippen LogP contribution in [0, 0.1) is 17.8 Å². The zero-order valence-electron chi connectivity index (χ0n) is 63.4. The van der Waals surface area contributed by atoms with E-state index in [-0.39, 0.29) is 96.3 Å². The standard InChI is InChI=1S/C72H116N22O15/c1-8-41(6)60(71(109)88-50(24-14-16-30-73)65(103)86-47(61(78)99)28-29-55(76)96)94-67(105)52(34-43-20-10-9-11-21-43)89-64(102)49(26-18-32-75)85-57(98)38-83-62(100)54(36-56(77)97)91-70(108)59(40(4)5)92-66(104)51(25-15-17-31-74)87-69(107)58(39(2)3)93-68(106)53(35-44-37-82-46-23-13-12-22-45(44)46)90-63(101)48(84-42(7)95)27-19-33-81-72(79)80/h9-13,20-23,37,39-41,47-54,58-60,82H,8,14-19,24-36,38,73-75H2,1-7H3,(H2,76,96)(H2,77,97)(H2,78,99)(H,83,100)(H,84,95)(H,85,98)(H,86,103)(H,87,107)(H,88,109)(H,89,102)(H,90,101)(H,91,108)(H,92,104)(H,93,106)(H,94,105)(H4,79,80,81)/t41-,47-,48-,49-,50-,51-,52-,53-,54-,58-,59-,60-/m0/s1. The number of fused-ring (bicyclic) bond motifs is 1. The zero-order valence-corrected chi connectivity index (χ0v) is 63.4. The van der Waals surface area contributed by atoms with E-state index in [4.69, 9.17) is 45.9 Å². The number of aliphatic imine (C=N–C) groups is 1. The van der Waals surface area contributed by atoms with E-state index < -0.39 is 186 Å². The molecule has 3 rings (SSSR count). The van der Waals surface area contributed by atoms with Crippen molar-refractivity contribution >= 4 is 105 Å². The van der Waals surface area contributed by atoms with Gasteiger partial charge in [-0.05, 0) is 125 Å². The number of H-pyrrole nitrogens is 1. The molecule has 0 unspecified atom stereocenters. The summed E-state index contributed by atoms with van der Waals surface area (Å²) in [6, 6.07) is 0.630. The Kier molecular flexibility index (Phi) is 41.1. The van der Waals surface area contributed by atoms with Gasteiger partial charge in [0, 0.05) is 49.8 Å². The van der Waals surface area contributed by atoms with E-state index in [9.17, 15) is 71.9 Å². The first-order chi connectivity index (χ1) is 51.6. The Balaban J connectivity index is 1.86. The minimum absolute atomic E-state index is 0.0200. The minimum atomic E-state index is -1.76. The van der Waals surface area contributed by atoms with Gasteiger partial charge in [0.25, 0.3) is 0 Å². The van der Waals surface area contributed by atoms with Gasteiger partial charge in [-0.2, -0.15) is 0 Å². The maximum absolute atomic E-state index is 14.6. The molecule has 0 bridgehead atoms. The van der Waals surface area contributed by atoms with Gasteiger partial charge < -0.3 is 115 Å². The van der Waals surface area contributed by atoms with E-state index in [0.717, 1.165) is 10.9 Å². The summed E-state index contributed by atoms with van der Waals surface area (Å²) in [6.45, 7) is 10.9. The number of benzene rings is 2. The molecular formula is C72H116N22O15. The molecular weight excluding hydrogens is 1410 g/mol. The SMILES string of the molecule is CC[C@H](C)[C@H](NC(=O)[C@H](Cc1ccccc1)NC(=O)[C@H](CCCN)NC(=O)CNC(=O)[C@H](CC(N)=O)NC(=O)[C@@H](NC(=O)[C@H](CCCCN)NC(=O)[C@@H](NC(=O)[C@H](Cc1c[nH]c2ccccc12)NC(=O)[C@H](CCCN=C(N)N)NC(C)=O)C(C)C)C(C)C)C(=O)N[C@@H](CCCCN)C(=O)N[C@@H](CCC(N)=O)C(N)=O. The molecule has 0 saturated carbocycles. The predicted molar refractivity (Wildman–Crippen MR) is 407 cm³/mol. The summed E-state index contributed by atoms with van der Waals surface area (Å²) in [7, 11) is 0. The average molecular weight is 1530 g/mol. The molecule has 3 aromatic rings. The smallest absolute Gasteiger partial charge is 0.243 e. The maximum atomic E-state index is 14.6. The summed E-state index contributed by atoms with van der Waals surface area (Å²) in [5, 5.41) is 32.1. The van der Waals surface area contributed by atoms with Gasteiger partial charge in [-0.25, -0.2) is 0 Å². The van der Waals surface area contributed by atoms with Crippen molar-refractivity contribution in [2.24, 2.45) is 68.6 Å². The number of guanidine groups is 1. The maximum Gasteiger partial charge on any atom is 0.243 e. The number of hydrogen-bond acceptors (Lipinski definition) is 19. The highest BCUT2D eigenvalue weighted by molar-refractivity contribution is 6.00. The Bertz CT molecular complexity index is 3570. The van der Waals surface area contributed by atoms with Crippen molar-refractivity contribution < 1.29 is 71.9 Å². The van der Waals surface area contributed by atoms with Crippen LogP contribution >= 0.6 is 0 Å². The Morgan fingerprint density at radius 2 is 0.872 bits per heavy atom. The number of amides is 15. The summed E-state index contributed by atoms with van der Waals surface area (Å²) in [4.78, 5) is 212. The molecule has 0 aliphatic carbocycles. The normalized spacial score (nSPS) is 14.5. The van der Waals surface area contributed by atoms with Crippen LogP contribution in [-0.4, -0.2) is 199 Å². The minimum Gasteiger partial charge on any atom is -0.370 e. The molecule has 37 nitrogen and oxygen atoms in total. The third kappa shape index (κ3) is 33.5. The fraction of sp³-hybridized carbons (Fsp3) is 0.583. The Morgan fingerprint density at radius 1 is 0.431 bits per heavy atom. The number of aromatic amines is 1. The van der Waals surface area contributed by atoms with E-state index in [1.165, 1.54) is 6.92 Å². The summed E-state index contributed by atoms with van der Waals surface area (Å²) in [5.74, 6) is -15.0. The first kappa shape index (κ1) is 92.4. The average Bonchev–Trinajstić information content (AvgIpc) is 1.72. The van der Waals surface area contributed by atoms with Crippen molar-refractivity contribution in [1.29, 1.82) is 0 Å². The quantitative estimate of drug-likeness (QED) is 0.0144. The number of nitrogens with one attached hydrogen (secondary N) is 13. The van der Waals surface area contributed by atoms with Crippen molar-refractivity contribution in [1.82, 2.24) is 68.8 Å². The van der Waals surface area contributed by atoms with Crippen molar-refractivity contribution in [3.63, 3.8) is 0 Å². The van der Waals surface area contributed by atoms with Crippen molar-refractivity contribution in [2.45, 2.75) is 218 Å². The van der Waals surface area contributed by atoms with Gasteiger partial charge in [-0.15, -0.1) is 0 Å². The number of carbonyl (C=O) groups excluding carboxylic acids is 15. The number of rotatable bonds is 52. The fourth-order valence-electron chi connectivity index (χ4n) is 11.6. The van der Waals surface area contributed by atoms with Crippen LogP contribution in [0.25, 0.3) is 10.9 Å². The van der Waals surface area contributed by atoms with Crippen LogP contribution < -0.4 is 110 Å². The second-order valence-electron chi connectivity index (χ2n) is 27.6. The topological polar surface area (TPSA) is 637 Å². The molecule has 0 aliphatic rings. The molecule has 0 aliphatic heterocycles. The van der Waals surface area contributed by atoms with Gasteiger partial charge in [0.1, 0.15) is 66.5 Å². The highest BCUT2D eigenvalue weighted by Crippen LogP contribution is 2.21. The lowest BCUT2D eigenvalue weighted by atomic mass is 9.96. The largest absolute Gasteiger partial charge is 0.370 e. The fourth-order valence-corrected chi connectivity index (χ4v) is 11.6. The molecule has 2 aromatic carbocycles. The lowest BCUT2D eigenvalue weighted by molar-refractivity contribution is -0.137. The number of unbranched alkanes of at least 4 members (excludes halogenated alkanes) is 2. The van der Waals surface area contributed by atoms with Crippen LogP contribution in [0.3, 0.4) is 0 Å². The highest BCUT2D eigenvalue weighted by Gasteiger charge is 2.38. The predicted octanol–water partition coefficient (Wildman–Crippen LogP) is -4.54. The molecule has 0 saturated heterocycles. The van der Waals surface area contributed by atoms with Crippen LogP contribution in [0.1, 0.15) is 149 Å². The number of para-hydroxylation sites is 1. The second-order valence-corrected chi connectivity index (χ2v) is 27.6. The molecule has 0 fully saturated rings. The number of primary amides is 3. The molecule has 1 heterocycles. The molecule has 109 heavy (non-hydrogen) atoms. The molecule has 15 amide bonds. The van der Waals surface area contributed by atoms with Crippen LogP contribution in [0.5, 0.6) is 0 Å². The van der Waals surface area contributed by atoms with Crippen molar-refractivity contribution in [3.8, 4) is 0 Å².